The number of benzene rings is 2. The fourth-order valence-corrected chi connectivity index (χ4v) is 3.08. The molecule has 0 aromatic heterocycles. The molecule has 2 aromatic rings. The van der Waals surface area contributed by atoms with Crippen molar-refractivity contribution in [3.63, 3.8) is 0 Å². The Bertz CT molecular complexity index is 774. The van der Waals surface area contributed by atoms with Crippen LogP contribution in [0.5, 0.6) is 0 Å². The molecular formula is C20H22N2O3. The second-order valence-corrected chi connectivity index (χ2v) is 6.22. The SMILES string of the molecule is COC(=O)[C@H](N[C@@H](C)c1ccc2c(c1)CCC(=O)N2)c1ccccc1. The molecule has 0 saturated heterocycles. The summed E-state index contributed by atoms with van der Waals surface area (Å²) in [6.07, 6.45) is 1.24. The molecule has 2 aromatic carbocycles. The van der Waals surface area contributed by atoms with Crippen molar-refractivity contribution < 1.29 is 14.3 Å². The van der Waals surface area contributed by atoms with Crippen LogP contribution in [0.15, 0.2) is 48.5 Å². The van der Waals surface area contributed by atoms with Gasteiger partial charge in [-0.05, 0) is 36.1 Å². The smallest absolute Gasteiger partial charge is 0.327 e. The van der Waals surface area contributed by atoms with Gasteiger partial charge in [0.1, 0.15) is 6.04 Å². The maximum atomic E-state index is 12.2. The highest BCUT2D eigenvalue weighted by Crippen LogP contribution is 2.27. The first-order chi connectivity index (χ1) is 12.1. The molecule has 1 amide bonds. The van der Waals surface area contributed by atoms with Gasteiger partial charge < -0.3 is 10.1 Å². The first kappa shape index (κ1) is 17.2. The zero-order chi connectivity index (χ0) is 17.8. The molecule has 0 spiro atoms. The number of hydrogen-bond acceptors (Lipinski definition) is 4. The molecular weight excluding hydrogens is 316 g/mol. The normalized spacial score (nSPS) is 15.7. The summed E-state index contributed by atoms with van der Waals surface area (Å²) >= 11 is 0. The number of carbonyl (C=O) groups excluding carboxylic acids is 2. The first-order valence-corrected chi connectivity index (χ1v) is 8.40. The standard InChI is InChI=1S/C20H22N2O3/c1-13(15-8-10-17-16(12-15)9-11-18(23)22-17)21-19(20(24)25-2)14-6-4-3-5-7-14/h3-8,10,12-13,19,21H,9,11H2,1-2H3,(H,22,23)/t13-,19+/m0/s1. The maximum absolute atomic E-state index is 12.2. The Labute approximate surface area is 147 Å². The van der Waals surface area contributed by atoms with Crippen LogP contribution in [-0.4, -0.2) is 19.0 Å². The van der Waals surface area contributed by atoms with Gasteiger partial charge in [-0.2, -0.15) is 0 Å². The third kappa shape index (κ3) is 3.88. The lowest BCUT2D eigenvalue weighted by Gasteiger charge is -2.24. The molecule has 2 atom stereocenters. The maximum Gasteiger partial charge on any atom is 0.327 e. The lowest BCUT2D eigenvalue weighted by molar-refractivity contribution is -0.143. The Morgan fingerprint density at radius 1 is 1.12 bits per heavy atom. The van der Waals surface area contributed by atoms with E-state index in [1.807, 2.05) is 49.4 Å². The minimum Gasteiger partial charge on any atom is -0.468 e. The lowest BCUT2D eigenvalue weighted by atomic mass is 9.97. The van der Waals surface area contributed by atoms with Gasteiger partial charge in [0.15, 0.2) is 0 Å². The van der Waals surface area contributed by atoms with Crippen molar-refractivity contribution in [2.24, 2.45) is 0 Å². The van der Waals surface area contributed by atoms with Gasteiger partial charge in [0, 0.05) is 18.2 Å². The summed E-state index contributed by atoms with van der Waals surface area (Å²) in [6, 6.07) is 14.9. The van der Waals surface area contributed by atoms with E-state index in [1.54, 1.807) is 0 Å². The Kier molecular flexibility index (Phi) is 5.14. The second-order valence-electron chi connectivity index (χ2n) is 6.22. The molecule has 0 bridgehead atoms. The van der Waals surface area contributed by atoms with Gasteiger partial charge in [0.25, 0.3) is 0 Å². The number of esters is 1. The van der Waals surface area contributed by atoms with Crippen molar-refractivity contribution in [1.82, 2.24) is 5.32 Å². The molecule has 3 rings (SSSR count). The quantitative estimate of drug-likeness (QED) is 0.822. The number of amides is 1. The molecule has 130 valence electrons. The molecule has 0 saturated carbocycles. The summed E-state index contributed by atoms with van der Waals surface area (Å²) in [5, 5.41) is 6.24. The van der Waals surface area contributed by atoms with Crippen molar-refractivity contribution in [2.45, 2.75) is 31.8 Å². The van der Waals surface area contributed by atoms with E-state index in [4.69, 9.17) is 4.74 Å². The zero-order valence-corrected chi connectivity index (χ0v) is 14.4. The van der Waals surface area contributed by atoms with Crippen LogP contribution in [0, 0.1) is 0 Å². The van der Waals surface area contributed by atoms with Crippen LogP contribution in [0.2, 0.25) is 0 Å². The molecule has 5 nitrogen and oxygen atoms in total. The highest BCUT2D eigenvalue weighted by molar-refractivity contribution is 5.93. The fraction of sp³-hybridized carbons (Fsp3) is 0.300. The summed E-state index contributed by atoms with van der Waals surface area (Å²) in [4.78, 5) is 23.7. The number of hydrogen-bond donors (Lipinski definition) is 2. The van der Waals surface area contributed by atoms with E-state index in [1.165, 1.54) is 7.11 Å². The molecule has 25 heavy (non-hydrogen) atoms. The number of carbonyl (C=O) groups is 2. The summed E-state index contributed by atoms with van der Waals surface area (Å²) in [6.45, 7) is 2.02. The van der Waals surface area contributed by atoms with Gasteiger partial charge in [0.2, 0.25) is 5.91 Å². The van der Waals surface area contributed by atoms with E-state index < -0.39 is 6.04 Å². The van der Waals surface area contributed by atoms with Crippen LogP contribution < -0.4 is 10.6 Å². The Morgan fingerprint density at radius 2 is 1.88 bits per heavy atom. The van der Waals surface area contributed by atoms with Gasteiger partial charge >= 0.3 is 5.97 Å². The number of rotatable bonds is 5. The van der Waals surface area contributed by atoms with E-state index in [2.05, 4.69) is 16.7 Å². The van der Waals surface area contributed by atoms with Crippen LogP contribution in [0.1, 0.15) is 42.1 Å². The third-order valence-electron chi connectivity index (χ3n) is 4.51. The zero-order valence-electron chi connectivity index (χ0n) is 14.4. The summed E-state index contributed by atoms with van der Waals surface area (Å²) in [5.74, 6) is -0.260. The summed E-state index contributed by atoms with van der Waals surface area (Å²) in [7, 11) is 1.40. The lowest BCUT2D eigenvalue weighted by Crippen LogP contribution is -2.32. The Morgan fingerprint density at radius 3 is 2.60 bits per heavy atom. The fourth-order valence-electron chi connectivity index (χ4n) is 3.08. The summed E-state index contributed by atoms with van der Waals surface area (Å²) < 4.78 is 4.96. The number of methoxy groups -OCH3 is 1. The van der Waals surface area contributed by atoms with E-state index in [9.17, 15) is 9.59 Å². The van der Waals surface area contributed by atoms with E-state index in [0.717, 1.165) is 28.8 Å². The van der Waals surface area contributed by atoms with Crippen LogP contribution in [0.3, 0.4) is 0 Å². The number of anilines is 1. The molecule has 5 heteroatoms. The van der Waals surface area contributed by atoms with Crippen molar-refractivity contribution in [1.29, 1.82) is 0 Å². The monoisotopic (exact) mass is 338 g/mol. The van der Waals surface area contributed by atoms with Crippen LogP contribution in [0.4, 0.5) is 5.69 Å². The van der Waals surface area contributed by atoms with E-state index in [-0.39, 0.29) is 17.9 Å². The number of fused-ring (bicyclic) bond motifs is 1. The molecule has 2 N–H and O–H groups in total. The van der Waals surface area contributed by atoms with Crippen LogP contribution in [-0.2, 0) is 20.7 Å². The number of ether oxygens (including phenoxy) is 1. The van der Waals surface area contributed by atoms with Crippen molar-refractivity contribution in [3.8, 4) is 0 Å². The first-order valence-electron chi connectivity index (χ1n) is 8.40. The number of aryl methyl sites for hydroxylation is 1. The molecule has 0 aliphatic carbocycles. The van der Waals surface area contributed by atoms with Crippen molar-refractivity contribution in [3.05, 3.63) is 65.2 Å². The van der Waals surface area contributed by atoms with Gasteiger partial charge in [-0.1, -0.05) is 42.5 Å². The molecule has 1 aliphatic heterocycles. The van der Waals surface area contributed by atoms with Gasteiger partial charge in [0.05, 0.1) is 7.11 Å². The van der Waals surface area contributed by atoms with Gasteiger partial charge in [-0.15, -0.1) is 0 Å². The van der Waals surface area contributed by atoms with E-state index >= 15 is 0 Å². The van der Waals surface area contributed by atoms with E-state index in [0.29, 0.717) is 6.42 Å². The molecule has 1 heterocycles. The molecule has 0 unspecified atom stereocenters. The molecule has 0 radical (unpaired) electrons. The van der Waals surface area contributed by atoms with Gasteiger partial charge in [-0.25, -0.2) is 4.79 Å². The third-order valence-corrected chi connectivity index (χ3v) is 4.51. The summed E-state index contributed by atoms with van der Waals surface area (Å²) in [5.41, 5.74) is 3.94. The minimum absolute atomic E-state index is 0.0489. The number of nitrogens with one attached hydrogen (secondary N) is 2. The second kappa shape index (κ2) is 7.49. The van der Waals surface area contributed by atoms with Gasteiger partial charge in [-0.3, -0.25) is 10.1 Å². The average Bonchev–Trinajstić information content (AvgIpc) is 2.65. The highest BCUT2D eigenvalue weighted by Gasteiger charge is 2.24. The van der Waals surface area contributed by atoms with Crippen LogP contribution in [0.25, 0.3) is 0 Å². The van der Waals surface area contributed by atoms with Crippen LogP contribution >= 0.6 is 0 Å². The largest absolute Gasteiger partial charge is 0.468 e. The highest BCUT2D eigenvalue weighted by atomic mass is 16.5. The molecule has 1 aliphatic rings. The van der Waals surface area contributed by atoms with Crippen molar-refractivity contribution >= 4 is 17.6 Å². The Balaban J connectivity index is 1.81. The Hall–Kier alpha value is -2.66. The molecule has 0 fully saturated rings. The topological polar surface area (TPSA) is 67.4 Å². The minimum atomic E-state index is -0.531. The predicted octanol–water partition coefficient (Wildman–Crippen LogP) is 3.14. The predicted molar refractivity (Wildman–Crippen MR) is 96.1 cm³/mol. The average molecular weight is 338 g/mol. The van der Waals surface area contributed by atoms with Crippen molar-refractivity contribution in [2.75, 3.05) is 12.4 Å².